The highest BCUT2D eigenvalue weighted by Crippen LogP contribution is 2.44. The quantitative estimate of drug-likeness (QED) is 0.855. The summed E-state index contributed by atoms with van der Waals surface area (Å²) in [7, 11) is -0.521. The lowest BCUT2D eigenvalue weighted by Gasteiger charge is -2.37. The van der Waals surface area contributed by atoms with Crippen LogP contribution >= 0.6 is 0 Å². The number of nitrogens with zero attached hydrogens (tertiary/aromatic N) is 1. The van der Waals surface area contributed by atoms with E-state index in [-0.39, 0.29) is 16.2 Å². The van der Waals surface area contributed by atoms with Gasteiger partial charge in [-0.25, -0.2) is 12.7 Å². The Balaban J connectivity index is 1.87. The molecule has 1 aromatic carbocycles. The van der Waals surface area contributed by atoms with Crippen molar-refractivity contribution in [1.29, 1.82) is 0 Å². The van der Waals surface area contributed by atoms with E-state index < -0.39 is 10.0 Å². The normalized spacial score (nSPS) is 26.5. The summed E-state index contributed by atoms with van der Waals surface area (Å²) in [5, 5.41) is 6.36. The first-order valence-electron chi connectivity index (χ1n) is 8.83. The summed E-state index contributed by atoms with van der Waals surface area (Å²) >= 11 is 0. The highest BCUT2D eigenvalue weighted by molar-refractivity contribution is 7.89. The molecule has 0 aromatic heterocycles. The molecule has 1 aliphatic carbocycles. The molecule has 1 aliphatic heterocycles. The molecule has 3 rings (SSSR count). The van der Waals surface area contributed by atoms with Crippen LogP contribution in [-0.4, -0.2) is 45.8 Å². The van der Waals surface area contributed by atoms with Crippen LogP contribution in [0.1, 0.15) is 31.2 Å². The second-order valence-corrected chi connectivity index (χ2v) is 9.57. The SMILES string of the molecule is Cc1ccc(NC(=O)[C@@]23CCCC[C@H]2CNC3)cc1S(=O)(=O)N(C)C. The number of nitrogens with one attached hydrogen (secondary N) is 2. The maximum absolute atomic E-state index is 13.0. The van der Waals surface area contributed by atoms with Crippen LogP contribution < -0.4 is 10.6 Å². The van der Waals surface area contributed by atoms with Gasteiger partial charge in [-0.3, -0.25) is 4.79 Å². The predicted octanol–water partition coefficient (Wildman–Crippen LogP) is 1.96. The molecule has 6 nitrogen and oxygen atoms in total. The van der Waals surface area contributed by atoms with E-state index in [1.54, 1.807) is 25.1 Å². The van der Waals surface area contributed by atoms with E-state index in [0.29, 0.717) is 23.7 Å². The van der Waals surface area contributed by atoms with Gasteiger partial charge in [-0.15, -0.1) is 0 Å². The van der Waals surface area contributed by atoms with E-state index in [0.717, 1.165) is 25.8 Å². The molecule has 7 heteroatoms. The average Bonchev–Trinajstić information content (AvgIpc) is 3.01. The van der Waals surface area contributed by atoms with Crippen LogP contribution in [0.15, 0.2) is 23.1 Å². The van der Waals surface area contributed by atoms with Crippen LogP contribution in [0.4, 0.5) is 5.69 Å². The van der Waals surface area contributed by atoms with Crippen molar-refractivity contribution in [3.8, 4) is 0 Å². The van der Waals surface area contributed by atoms with Crippen molar-refractivity contribution >= 4 is 21.6 Å². The molecule has 138 valence electrons. The minimum Gasteiger partial charge on any atom is -0.326 e. The van der Waals surface area contributed by atoms with E-state index >= 15 is 0 Å². The highest BCUT2D eigenvalue weighted by Gasteiger charge is 2.49. The summed E-state index contributed by atoms with van der Waals surface area (Å²) in [5.41, 5.74) is 0.855. The smallest absolute Gasteiger partial charge is 0.242 e. The number of anilines is 1. The van der Waals surface area contributed by atoms with Crippen LogP contribution in [0.25, 0.3) is 0 Å². The number of amides is 1. The number of fused-ring (bicyclic) bond motifs is 1. The van der Waals surface area contributed by atoms with Crippen LogP contribution in [-0.2, 0) is 14.8 Å². The van der Waals surface area contributed by atoms with Crippen LogP contribution in [0.3, 0.4) is 0 Å². The van der Waals surface area contributed by atoms with Gasteiger partial charge in [0.05, 0.1) is 10.3 Å². The lowest BCUT2D eigenvalue weighted by Crippen LogP contribution is -2.44. The van der Waals surface area contributed by atoms with Crippen molar-refractivity contribution in [3.05, 3.63) is 23.8 Å². The third-order valence-corrected chi connectivity index (χ3v) is 7.65. The number of aryl methyl sites for hydroxylation is 1. The van der Waals surface area contributed by atoms with Crippen molar-refractivity contribution in [1.82, 2.24) is 9.62 Å². The molecule has 0 spiro atoms. The van der Waals surface area contributed by atoms with E-state index in [9.17, 15) is 13.2 Å². The van der Waals surface area contributed by atoms with Gasteiger partial charge in [0.15, 0.2) is 0 Å². The summed E-state index contributed by atoms with van der Waals surface area (Å²) in [6.45, 7) is 3.36. The number of carbonyl (C=O) groups excluding carboxylic acids is 1. The number of carbonyl (C=O) groups is 1. The van der Waals surface area contributed by atoms with Crippen molar-refractivity contribution in [2.75, 3.05) is 32.5 Å². The molecule has 0 unspecified atom stereocenters. The highest BCUT2D eigenvalue weighted by atomic mass is 32.2. The summed E-state index contributed by atoms with van der Waals surface area (Å²) in [5.74, 6) is 0.385. The Hall–Kier alpha value is -1.44. The van der Waals surface area contributed by atoms with Gasteiger partial charge in [0.1, 0.15) is 0 Å². The third kappa shape index (κ3) is 3.20. The molecule has 1 saturated carbocycles. The van der Waals surface area contributed by atoms with Crippen LogP contribution in [0.2, 0.25) is 0 Å². The number of benzene rings is 1. The Labute approximate surface area is 150 Å². The third-order valence-electron chi connectivity index (χ3n) is 5.69. The second kappa shape index (κ2) is 6.70. The van der Waals surface area contributed by atoms with Gasteiger partial charge in [-0.05, 0) is 49.9 Å². The molecule has 25 heavy (non-hydrogen) atoms. The zero-order chi connectivity index (χ0) is 18.2. The number of hydrogen-bond donors (Lipinski definition) is 2. The summed E-state index contributed by atoms with van der Waals surface area (Å²) in [6.07, 6.45) is 4.22. The number of sulfonamides is 1. The van der Waals surface area contributed by atoms with Gasteiger partial charge in [-0.1, -0.05) is 18.9 Å². The fourth-order valence-electron chi connectivity index (χ4n) is 4.10. The zero-order valence-electron chi connectivity index (χ0n) is 15.1. The Morgan fingerprint density at radius 2 is 2.08 bits per heavy atom. The van der Waals surface area contributed by atoms with Crippen molar-refractivity contribution < 1.29 is 13.2 Å². The lowest BCUT2D eigenvalue weighted by molar-refractivity contribution is -0.128. The van der Waals surface area contributed by atoms with E-state index in [4.69, 9.17) is 0 Å². The maximum Gasteiger partial charge on any atom is 0.242 e. The monoisotopic (exact) mass is 365 g/mol. The Bertz CT molecular complexity index is 776. The molecule has 2 aliphatic rings. The lowest BCUT2D eigenvalue weighted by atomic mass is 9.67. The fraction of sp³-hybridized carbons (Fsp3) is 0.611. The largest absolute Gasteiger partial charge is 0.326 e. The average molecular weight is 365 g/mol. The standard InChI is InChI=1S/C18H27N3O3S/c1-13-7-8-15(10-16(13)25(23,24)21(2)3)20-17(22)18-9-5-4-6-14(18)11-19-12-18/h7-8,10,14,19H,4-6,9,11-12H2,1-3H3,(H,20,22)/t14-,18+/m0/s1. The van der Waals surface area contributed by atoms with Crippen molar-refractivity contribution in [3.63, 3.8) is 0 Å². The molecule has 0 bridgehead atoms. The van der Waals surface area contributed by atoms with E-state index in [2.05, 4.69) is 10.6 Å². The van der Waals surface area contributed by atoms with Gasteiger partial charge in [-0.2, -0.15) is 0 Å². The summed E-state index contributed by atoms with van der Waals surface area (Å²) in [4.78, 5) is 13.3. The first-order chi connectivity index (χ1) is 11.8. The van der Waals surface area contributed by atoms with Gasteiger partial charge in [0.25, 0.3) is 0 Å². The van der Waals surface area contributed by atoms with Gasteiger partial charge in [0, 0.05) is 26.3 Å². The molecular formula is C18H27N3O3S. The van der Waals surface area contributed by atoms with Crippen molar-refractivity contribution in [2.24, 2.45) is 11.3 Å². The first kappa shape index (κ1) is 18.4. The Kier molecular flexibility index (Phi) is 4.92. The molecule has 1 saturated heterocycles. The summed E-state index contributed by atoms with van der Waals surface area (Å²) < 4.78 is 26.1. The molecule has 1 heterocycles. The molecule has 2 N–H and O–H groups in total. The van der Waals surface area contributed by atoms with E-state index in [1.807, 2.05) is 0 Å². The Morgan fingerprint density at radius 1 is 1.32 bits per heavy atom. The fourth-order valence-corrected chi connectivity index (χ4v) is 5.24. The molecule has 1 amide bonds. The maximum atomic E-state index is 13.0. The Morgan fingerprint density at radius 3 is 2.80 bits per heavy atom. The second-order valence-electron chi connectivity index (χ2n) is 7.45. The number of rotatable bonds is 4. The molecule has 1 aromatic rings. The van der Waals surface area contributed by atoms with Crippen LogP contribution in [0.5, 0.6) is 0 Å². The van der Waals surface area contributed by atoms with Gasteiger partial charge >= 0.3 is 0 Å². The minimum atomic E-state index is -3.54. The topological polar surface area (TPSA) is 78.5 Å². The van der Waals surface area contributed by atoms with Crippen molar-refractivity contribution in [2.45, 2.75) is 37.5 Å². The molecule has 2 atom stereocenters. The van der Waals surface area contributed by atoms with Gasteiger partial charge < -0.3 is 10.6 Å². The minimum absolute atomic E-state index is 0.0132. The van der Waals surface area contributed by atoms with E-state index in [1.165, 1.54) is 24.8 Å². The van der Waals surface area contributed by atoms with Crippen LogP contribution in [0, 0.1) is 18.3 Å². The molecule has 2 fully saturated rings. The first-order valence-corrected chi connectivity index (χ1v) is 10.3. The number of hydrogen-bond acceptors (Lipinski definition) is 4. The zero-order valence-corrected chi connectivity index (χ0v) is 15.9. The molecule has 0 radical (unpaired) electrons. The molecular weight excluding hydrogens is 338 g/mol. The summed E-state index contributed by atoms with van der Waals surface area (Å²) in [6, 6.07) is 5.09. The predicted molar refractivity (Wildman–Crippen MR) is 97.9 cm³/mol. The van der Waals surface area contributed by atoms with Gasteiger partial charge in [0.2, 0.25) is 15.9 Å².